The molecule has 0 unspecified atom stereocenters. The lowest BCUT2D eigenvalue weighted by Gasteiger charge is -2.03. The van der Waals surface area contributed by atoms with Crippen LogP contribution in [0.25, 0.3) is 0 Å². The Balaban J connectivity index is 1.95. The topological polar surface area (TPSA) is 18.5 Å². The van der Waals surface area contributed by atoms with Crippen LogP contribution >= 0.6 is 0 Å². The second kappa shape index (κ2) is 8.26. The molecule has 0 heterocycles. The Morgan fingerprint density at radius 3 is 2.60 bits per heavy atom. The van der Waals surface area contributed by atoms with Crippen LogP contribution in [0.15, 0.2) is 43.2 Å². The Labute approximate surface area is 93.9 Å². The third-order valence-electron chi connectivity index (χ3n) is 2.03. The van der Waals surface area contributed by atoms with Crippen molar-refractivity contribution in [2.24, 2.45) is 0 Å². The highest BCUT2D eigenvalue weighted by Gasteiger charge is 1.93. The zero-order valence-electron chi connectivity index (χ0n) is 9.02. The smallest absolute Gasteiger partial charge is 0.192 e. The fourth-order valence-corrected chi connectivity index (χ4v) is 2.29. The van der Waals surface area contributed by atoms with Crippen molar-refractivity contribution in [1.29, 1.82) is 0 Å². The van der Waals surface area contributed by atoms with Crippen molar-refractivity contribution in [3.8, 4) is 0 Å². The van der Waals surface area contributed by atoms with Gasteiger partial charge in [-0.15, -0.1) is 0 Å². The molecule has 3 heteroatoms. The standard InChI is InChI=1S/C12H18O2Si/c1-2-13-10-6-7-11-14-15-12-8-4-3-5-9-12/h2-5,8-9H,1,6-7,10-11,15H2. The van der Waals surface area contributed by atoms with Crippen LogP contribution in [0.4, 0.5) is 0 Å². The fraction of sp³-hybridized carbons (Fsp3) is 0.333. The Hall–Kier alpha value is -1.06. The summed E-state index contributed by atoms with van der Waals surface area (Å²) in [7, 11) is -0.512. The summed E-state index contributed by atoms with van der Waals surface area (Å²) in [5, 5.41) is 1.36. The van der Waals surface area contributed by atoms with E-state index in [2.05, 4.69) is 30.8 Å². The molecule has 1 aromatic rings. The fourth-order valence-electron chi connectivity index (χ4n) is 1.24. The van der Waals surface area contributed by atoms with Crippen LogP contribution in [0.3, 0.4) is 0 Å². The lowest BCUT2D eigenvalue weighted by atomic mass is 10.3. The van der Waals surface area contributed by atoms with Gasteiger partial charge in [0, 0.05) is 6.61 Å². The minimum absolute atomic E-state index is 0.512. The third-order valence-corrected chi connectivity index (χ3v) is 3.33. The predicted molar refractivity (Wildman–Crippen MR) is 66.0 cm³/mol. The third kappa shape index (κ3) is 6.09. The largest absolute Gasteiger partial charge is 0.502 e. The number of benzene rings is 1. The number of rotatable bonds is 8. The van der Waals surface area contributed by atoms with Gasteiger partial charge in [0.1, 0.15) is 0 Å². The van der Waals surface area contributed by atoms with Crippen LogP contribution in [0.1, 0.15) is 12.8 Å². The molecular formula is C12H18O2Si. The molecule has 0 amide bonds. The Kier molecular flexibility index (Phi) is 6.61. The highest BCUT2D eigenvalue weighted by atomic mass is 28.2. The van der Waals surface area contributed by atoms with Gasteiger partial charge in [-0.25, -0.2) is 0 Å². The molecule has 2 nitrogen and oxygen atoms in total. The van der Waals surface area contributed by atoms with E-state index in [1.54, 1.807) is 0 Å². The van der Waals surface area contributed by atoms with Crippen molar-refractivity contribution in [1.82, 2.24) is 0 Å². The Bertz CT molecular complexity index is 262. The zero-order chi connectivity index (χ0) is 10.8. The highest BCUT2D eigenvalue weighted by Crippen LogP contribution is 1.91. The van der Waals surface area contributed by atoms with E-state index >= 15 is 0 Å². The number of ether oxygens (including phenoxy) is 1. The summed E-state index contributed by atoms with van der Waals surface area (Å²) in [5.74, 6) is 0. The van der Waals surface area contributed by atoms with E-state index in [9.17, 15) is 0 Å². The molecule has 0 saturated heterocycles. The normalized spacial score (nSPS) is 10.7. The lowest BCUT2D eigenvalue weighted by Crippen LogP contribution is -2.17. The van der Waals surface area contributed by atoms with Crippen molar-refractivity contribution < 1.29 is 9.16 Å². The molecule has 0 N–H and O–H groups in total. The summed E-state index contributed by atoms with van der Waals surface area (Å²) in [5.41, 5.74) is 0. The highest BCUT2D eigenvalue weighted by molar-refractivity contribution is 6.46. The second-order valence-corrected chi connectivity index (χ2v) is 4.80. The second-order valence-electron chi connectivity index (χ2n) is 3.28. The summed E-state index contributed by atoms with van der Waals surface area (Å²) in [4.78, 5) is 0. The Morgan fingerprint density at radius 1 is 1.13 bits per heavy atom. The zero-order valence-corrected chi connectivity index (χ0v) is 10.4. The van der Waals surface area contributed by atoms with Gasteiger partial charge in [0.15, 0.2) is 9.76 Å². The van der Waals surface area contributed by atoms with Gasteiger partial charge in [0.25, 0.3) is 0 Å². The maximum atomic E-state index is 5.66. The van der Waals surface area contributed by atoms with Crippen LogP contribution in [0.2, 0.25) is 0 Å². The average molecular weight is 222 g/mol. The van der Waals surface area contributed by atoms with Crippen molar-refractivity contribution in [2.45, 2.75) is 12.8 Å². The molecule has 1 aromatic carbocycles. The minimum atomic E-state index is -0.512. The van der Waals surface area contributed by atoms with Crippen molar-refractivity contribution in [3.05, 3.63) is 43.2 Å². The van der Waals surface area contributed by atoms with Crippen molar-refractivity contribution in [2.75, 3.05) is 13.2 Å². The summed E-state index contributed by atoms with van der Waals surface area (Å²) in [6.07, 6.45) is 3.59. The van der Waals surface area contributed by atoms with E-state index in [1.807, 2.05) is 6.07 Å². The SMILES string of the molecule is C=COCCCCO[SiH2]c1ccccc1. The van der Waals surface area contributed by atoms with Gasteiger partial charge in [-0.2, -0.15) is 0 Å². The Morgan fingerprint density at radius 2 is 1.87 bits per heavy atom. The molecule has 0 fully saturated rings. The monoisotopic (exact) mass is 222 g/mol. The van der Waals surface area contributed by atoms with E-state index < -0.39 is 9.76 Å². The van der Waals surface area contributed by atoms with Crippen LogP contribution in [-0.2, 0) is 9.16 Å². The van der Waals surface area contributed by atoms with Crippen LogP contribution < -0.4 is 5.19 Å². The molecule has 0 bridgehead atoms. The molecule has 0 aromatic heterocycles. The first-order chi connectivity index (χ1) is 7.43. The number of unbranched alkanes of at least 4 members (excludes halogenated alkanes) is 1. The van der Waals surface area contributed by atoms with E-state index in [-0.39, 0.29) is 0 Å². The molecule has 0 atom stereocenters. The molecule has 0 spiro atoms. The minimum Gasteiger partial charge on any atom is -0.502 e. The quantitative estimate of drug-likeness (QED) is 0.375. The summed E-state index contributed by atoms with van der Waals surface area (Å²) < 4.78 is 10.7. The van der Waals surface area contributed by atoms with Crippen molar-refractivity contribution in [3.63, 3.8) is 0 Å². The molecule has 15 heavy (non-hydrogen) atoms. The molecule has 1 rings (SSSR count). The molecule has 0 saturated carbocycles. The molecule has 0 radical (unpaired) electrons. The van der Waals surface area contributed by atoms with Gasteiger partial charge >= 0.3 is 0 Å². The lowest BCUT2D eigenvalue weighted by molar-refractivity contribution is 0.229. The molecule has 82 valence electrons. The predicted octanol–water partition coefficient (Wildman–Crippen LogP) is 1.35. The van der Waals surface area contributed by atoms with Gasteiger partial charge < -0.3 is 9.16 Å². The summed E-state index contributed by atoms with van der Waals surface area (Å²) in [6, 6.07) is 10.4. The van der Waals surface area contributed by atoms with E-state index in [4.69, 9.17) is 9.16 Å². The molecular weight excluding hydrogens is 204 g/mol. The molecule has 0 aliphatic rings. The first kappa shape index (κ1) is 12.0. The molecule has 0 aliphatic carbocycles. The van der Waals surface area contributed by atoms with Gasteiger partial charge in [-0.1, -0.05) is 36.9 Å². The maximum absolute atomic E-state index is 5.66. The van der Waals surface area contributed by atoms with Crippen molar-refractivity contribution >= 4 is 14.9 Å². The average Bonchev–Trinajstić information content (AvgIpc) is 2.29. The van der Waals surface area contributed by atoms with Gasteiger partial charge in [-0.3, -0.25) is 0 Å². The first-order valence-electron chi connectivity index (χ1n) is 5.27. The van der Waals surface area contributed by atoms with E-state index in [1.165, 1.54) is 11.4 Å². The van der Waals surface area contributed by atoms with Gasteiger partial charge in [-0.05, 0) is 18.0 Å². The summed E-state index contributed by atoms with van der Waals surface area (Å²) >= 11 is 0. The summed E-state index contributed by atoms with van der Waals surface area (Å²) in [6.45, 7) is 5.09. The van der Waals surface area contributed by atoms with Gasteiger partial charge in [0.05, 0.1) is 12.9 Å². The van der Waals surface area contributed by atoms with Crippen LogP contribution in [-0.4, -0.2) is 23.0 Å². The number of hydrogen-bond acceptors (Lipinski definition) is 2. The van der Waals surface area contributed by atoms with E-state index in [0.29, 0.717) is 0 Å². The van der Waals surface area contributed by atoms with Crippen LogP contribution in [0.5, 0.6) is 0 Å². The first-order valence-corrected chi connectivity index (χ1v) is 6.56. The number of hydrogen-bond donors (Lipinski definition) is 0. The molecule has 0 aliphatic heterocycles. The maximum Gasteiger partial charge on any atom is 0.192 e. The van der Waals surface area contributed by atoms with Crippen LogP contribution in [0, 0.1) is 0 Å². The van der Waals surface area contributed by atoms with E-state index in [0.717, 1.165) is 26.1 Å². The van der Waals surface area contributed by atoms with Gasteiger partial charge in [0.2, 0.25) is 0 Å².